The number of carbonyl (C=O) groups is 3. The number of benzene rings is 2. The topological polar surface area (TPSA) is 104 Å². The summed E-state index contributed by atoms with van der Waals surface area (Å²) in [5.74, 6) is -0.831. The van der Waals surface area contributed by atoms with Gasteiger partial charge in [0.15, 0.2) is 0 Å². The first-order chi connectivity index (χ1) is 16.9. The van der Waals surface area contributed by atoms with Crippen molar-refractivity contribution >= 4 is 51.5 Å². The molecule has 0 saturated carbocycles. The van der Waals surface area contributed by atoms with Gasteiger partial charge in [0.1, 0.15) is 5.01 Å². The number of likely N-dealkylation sites (tertiary alicyclic amines) is 1. The third-order valence-corrected chi connectivity index (χ3v) is 6.83. The van der Waals surface area contributed by atoms with E-state index < -0.39 is 0 Å². The first kappa shape index (κ1) is 24.8. The molecule has 2 aromatic carbocycles. The highest BCUT2D eigenvalue weighted by molar-refractivity contribution is 7.15. The first-order valence-corrected chi connectivity index (χ1v) is 12.7. The number of hydrogen-bond acceptors (Lipinski definition) is 6. The fraction of sp³-hybridized carbons (Fsp3) is 0.320. The second kappa shape index (κ2) is 11.4. The minimum absolute atomic E-state index is 0.0265. The van der Waals surface area contributed by atoms with E-state index in [0.29, 0.717) is 40.9 Å². The van der Waals surface area contributed by atoms with E-state index in [-0.39, 0.29) is 30.1 Å². The minimum atomic E-state index is -0.359. The molecule has 2 heterocycles. The Hall–Kier alpha value is -3.30. The van der Waals surface area contributed by atoms with E-state index in [9.17, 15) is 14.4 Å². The van der Waals surface area contributed by atoms with Crippen molar-refractivity contribution in [3.63, 3.8) is 0 Å². The Morgan fingerprint density at radius 3 is 2.54 bits per heavy atom. The van der Waals surface area contributed by atoms with E-state index in [0.717, 1.165) is 23.4 Å². The minimum Gasteiger partial charge on any atom is -0.342 e. The Bertz CT molecular complexity index is 1200. The molecule has 1 fully saturated rings. The van der Waals surface area contributed by atoms with E-state index in [4.69, 9.17) is 11.6 Å². The average Bonchev–Trinajstić information content (AvgIpc) is 3.45. The average molecular weight is 512 g/mol. The summed E-state index contributed by atoms with van der Waals surface area (Å²) >= 11 is 7.23. The molecule has 1 aromatic heterocycles. The molecule has 1 aliphatic heterocycles. The number of hydrogen-bond donors (Lipinski definition) is 2. The number of amides is 3. The van der Waals surface area contributed by atoms with Gasteiger partial charge in [0.2, 0.25) is 16.9 Å². The van der Waals surface area contributed by atoms with Crippen LogP contribution in [-0.4, -0.2) is 45.9 Å². The molecule has 10 heteroatoms. The zero-order valence-corrected chi connectivity index (χ0v) is 20.9. The lowest BCUT2D eigenvalue weighted by molar-refractivity contribution is -0.128. The van der Waals surface area contributed by atoms with E-state index in [1.165, 1.54) is 11.3 Å². The molecule has 1 saturated heterocycles. The largest absolute Gasteiger partial charge is 0.342 e. The van der Waals surface area contributed by atoms with Crippen LogP contribution in [0.25, 0.3) is 0 Å². The molecule has 8 nitrogen and oxygen atoms in total. The van der Waals surface area contributed by atoms with Crippen LogP contribution < -0.4 is 10.6 Å². The van der Waals surface area contributed by atoms with E-state index in [1.54, 1.807) is 29.2 Å². The number of rotatable bonds is 9. The zero-order chi connectivity index (χ0) is 24.8. The van der Waals surface area contributed by atoms with Gasteiger partial charge in [0.25, 0.3) is 5.91 Å². The summed E-state index contributed by atoms with van der Waals surface area (Å²) < 4.78 is 0. The Balaban J connectivity index is 1.29. The first-order valence-electron chi connectivity index (χ1n) is 11.5. The van der Waals surface area contributed by atoms with Crippen molar-refractivity contribution in [2.24, 2.45) is 5.92 Å². The van der Waals surface area contributed by atoms with Gasteiger partial charge in [-0.2, -0.15) is 0 Å². The number of anilines is 2. The molecule has 182 valence electrons. The summed E-state index contributed by atoms with van der Waals surface area (Å²) in [6.45, 7) is 3.22. The molecule has 0 radical (unpaired) electrons. The number of halogens is 1. The maximum absolute atomic E-state index is 12.6. The van der Waals surface area contributed by atoms with Crippen molar-refractivity contribution in [2.75, 3.05) is 23.7 Å². The lowest BCUT2D eigenvalue weighted by Crippen LogP contribution is -2.29. The summed E-state index contributed by atoms with van der Waals surface area (Å²) in [4.78, 5) is 39.1. The van der Waals surface area contributed by atoms with Crippen LogP contribution >= 0.6 is 22.9 Å². The molecule has 1 atom stereocenters. The molecule has 2 N–H and O–H groups in total. The normalized spacial score (nSPS) is 15.3. The molecule has 3 aromatic rings. The molecule has 3 amide bonds. The van der Waals surface area contributed by atoms with Crippen molar-refractivity contribution in [1.82, 2.24) is 15.1 Å². The molecule has 0 bridgehead atoms. The highest BCUT2D eigenvalue weighted by Gasteiger charge is 2.33. The van der Waals surface area contributed by atoms with Crippen LogP contribution in [0.2, 0.25) is 5.02 Å². The van der Waals surface area contributed by atoms with Gasteiger partial charge >= 0.3 is 0 Å². The van der Waals surface area contributed by atoms with Crippen LogP contribution in [0.3, 0.4) is 0 Å². The molecule has 0 spiro atoms. The molecule has 1 unspecified atom stereocenters. The molecule has 35 heavy (non-hydrogen) atoms. The Morgan fingerprint density at radius 1 is 1.09 bits per heavy atom. The van der Waals surface area contributed by atoms with Gasteiger partial charge in [0, 0.05) is 42.2 Å². The van der Waals surface area contributed by atoms with Gasteiger partial charge in [-0.05, 0) is 48.4 Å². The third kappa shape index (κ3) is 6.64. The van der Waals surface area contributed by atoms with E-state index in [2.05, 4.69) is 27.8 Å². The lowest BCUT2D eigenvalue weighted by Gasteiger charge is -2.16. The van der Waals surface area contributed by atoms with Crippen molar-refractivity contribution in [3.8, 4) is 0 Å². The Labute approximate surface area is 212 Å². The van der Waals surface area contributed by atoms with Gasteiger partial charge in [-0.1, -0.05) is 48.4 Å². The smallest absolute Gasteiger partial charge is 0.257 e. The van der Waals surface area contributed by atoms with Gasteiger partial charge in [-0.15, -0.1) is 10.2 Å². The van der Waals surface area contributed by atoms with Crippen molar-refractivity contribution in [2.45, 2.75) is 32.6 Å². The maximum atomic E-state index is 12.6. The highest BCUT2D eigenvalue weighted by atomic mass is 35.5. The molecule has 1 aliphatic rings. The van der Waals surface area contributed by atoms with Gasteiger partial charge in [0.05, 0.1) is 5.92 Å². The monoisotopic (exact) mass is 511 g/mol. The summed E-state index contributed by atoms with van der Waals surface area (Å²) in [5, 5.41) is 15.7. The van der Waals surface area contributed by atoms with Gasteiger partial charge in [-0.25, -0.2) is 0 Å². The van der Waals surface area contributed by atoms with Crippen LogP contribution in [0.5, 0.6) is 0 Å². The quantitative estimate of drug-likeness (QED) is 0.436. The predicted molar refractivity (Wildman–Crippen MR) is 137 cm³/mol. The summed E-state index contributed by atoms with van der Waals surface area (Å²) in [5.41, 5.74) is 2.06. The van der Waals surface area contributed by atoms with Crippen molar-refractivity contribution in [3.05, 3.63) is 69.7 Å². The lowest BCUT2D eigenvalue weighted by atomic mass is 10.1. The SMILES string of the molecule is CCCCN1CC(C(=O)Nc2ccc(C(=O)Nc3nnc(Cc4ccc(Cl)cc4)s3)cc2)CC1=O. The van der Waals surface area contributed by atoms with Crippen LogP contribution in [0.4, 0.5) is 10.8 Å². The number of nitrogens with zero attached hydrogens (tertiary/aromatic N) is 3. The van der Waals surface area contributed by atoms with Crippen LogP contribution in [0.15, 0.2) is 48.5 Å². The van der Waals surface area contributed by atoms with Gasteiger partial charge in [-0.3, -0.25) is 19.7 Å². The Morgan fingerprint density at radius 2 is 1.83 bits per heavy atom. The van der Waals surface area contributed by atoms with Crippen LogP contribution in [-0.2, 0) is 16.0 Å². The van der Waals surface area contributed by atoms with Crippen LogP contribution in [0, 0.1) is 5.92 Å². The molecule has 0 aliphatic carbocycles. The number of unbranched alkanes of at least 4 members (excludes halogenated alkanes) is 1. The second-order valence-electron chi connectivity index (χ2n) is 8.42. The number of aromatic nitrogens is 2. The molecule has 4 rings (SSSR count). The number of carbonyl (C=O) groups excluding carboxylic acids is 3. The standard InChI is InChI=1S/C25H26ClN5O3S/c1-2-3-12-31-15-18(14-22(31)32)24(34)27-20-10-6-17(7-11-20)23(33)28-25-30-29-21(35-25)13-16-4-8-19(26)9-5-16/h4-11,18H,2-3,12-15H2,1H3,(H,27,34)(H,28,30,33). The second-order valence-corrected chi connectivity index (χ2v) is 9.92. The van der Waals surface area contributed by atoms with Crippen molar-refractivity contribution in [1.29, 1.82) is 0 Å². The van der Waals surface area contributed by atoms with E-state index >= 15 is 0 Å². The third-order valence-electron chi connectivity index (χ3n) is 5.74. The zero-order valence-electron chi connectivity index (χ0n) is 19.3. The van der Waals surface area contributed by atoms with Crippen molar-refractivity contribution < 1.29 is 14.4 Å². The van der Waals surface area contributed by atoms with E-state index in [1.807, 2.05) is 24.3 Å². The summed E-state index contributed by atoms with van der Waals surface area (Å²) in [6, 6.07) is 14.1. The van der Waals surface area contributed by atoms with Crippen LogP contribution in [0.1, 0.15) is 47.1 Å². The molecular weight excluding hydrogens is 486 g/mol. The Kier molecular flexibility index (Phi) is 8.09. The summed E-state index contributed by atoms with van der Waals surface area (Å²) in [7, 11) is 0. The number of nitrogens with one attached hydrogen (secondary N) is 2. The summed E-state index contributed by atoms with van der Waals surface area (Å²) in [6.07, 6.45) is 2.77. The fourth-order valence-corrected chi connectivity index (χ4v) is 4.68. The fourth-order valence-electron chi connectivity index (χ4n) is 3.78. The van der Waals surface area contributed by atoms with Gasteiger partial charge < -0.3 is 10.2 Å². The highest BCUT2D eigenvalue weighted by Crippen LogP contribution is 2.22. The molecular formula is C25H26ClN5O3S. The predicted octanol–water partition coefficient (Wildman–Crippen LogP) is 4.62. The maximum Gasteiger partial charge on any atom is 0.257 e.